The fraction of sp³-hybridized carbons (Fsp3) is 0.294. The molecule has 0 saturated heterocycles. The maximum absolute atomic E-state index is 11.6. The molecule has 0 atom stereocenters. The maximum Gasteiger partial charge on any atom is 0.470 e. The standard InChI is InChI=1S/C17H21O4P/c1-14(2)13-17(21-22(18,19)20,15-9-5-3-6-10-15)16-11-7-4-8-12-16/h3-12,14H,13H2,1-2H3,(H2,18,19,20). The Labute approximate surface area is 131 Å². The Morgan fingerprint density at radius 1 is 0.955 bits per heavy atom. The van der Waals surface area contributed by atoms with Crippen molar-refractivity contribution < 1.29 is 18.9 Å². The molecule has 0 amide bonds. The van der Waals surface area contributed by atoms with Crippen LogP contribution in [0.25, 0.3) is 0 Å². The molecule has 2 N–H and O–H groups in total. The van der Waals surface area contributed by atoms with Crippen molar-refractivity contribution in [2.75, 3.05) is 0 Å². The smallest absolute Gasteiger partial charge is 0.303 e. The second-order valence-electron chi connectivity index (χ2n) is 5.74. The molecule has 2 aromatic rings. The van der Waals surface area contributed by atoms with Gasteiger partial charge in [-0.2, -0.15) is 0 Å². The van der Waals surface area contributed by atoms with Gasteiger partial charge in [-0.3, -0.25) is 4.52 Å². The molecule has 5 heteroatoms. The highest BCUT2D eigenvalue weighted by Gasteiger charge is 2.41. The van der Waals surface area contributed by atoms with Gasteiger partial charge in [0.1, 0.15) is 5.60 Å². The molecule has 0 unspecified atom stereocenters. The van der Waals surface area contributed by atoms with Crippen molar-refractivity contribution >= 4 is 7.82 Å². The molecule has 0 radical (unpaired) electrons. The summed E-state index contributed by atoms with van der Waals surface area (Å²) in [6.45, 7) is 4.01. The summed E-state index contributed by atoms with van der Waals surface area (Å²) in [6, 6.07) is 18.5. The quantitative estimate of drug-likeness (QED) is 0.787. The normalized spacial score (nSPS) is 12.6. The van der Waals surface area contributed by atoms with Crippen LogP contribution < -0.4 is 0 Å². The number of rotatable bonds is 6. The van der Waals surface area contributed by atoms with E-state index in [0.717, 1.165) is 11.1 Å². The molecule has 0 aliphatic heterocycles. The highest BCUT2D eigenvalue weighted by atomic mass is 31.2. The van der Waals surface area contributed by atoms with Gasteiger partial charge < -0.3 is 9.79 Å². The Morgan fingerprint density at radius 3 is 1.68 bits per heavy atom. The van der Waals surface area contributed by atoms with Crippen LogP contribution in [0, 0.1) is 5.92 Å². The van der Waals surface area contributed by atoms with Crippen molar-refractivity contribution in [3.05, 3.63) is 71.8 Å². The molecule has 0 heterocycles. The summed E-state index contributed by atoms with van der Waals surface area (Å²) in [5, 5.41) is 0. The Bertz CT molecular complexity index is 595. The molecule has 0 spiro atoms. The SMILES string of the molecule is CC(C)CC(OP(=O)(O)O)(c1ccccc1)c1ccccc1. The second-order valence-corrected chi connectivity index (χ2v) is 6.90. The Morgan fingerprint density at radius 2 is 1.36 bits per heavy atom. The van der Waals surface area contributed by atoms with E-state index in [1.54, 1.807) is 0 Å². The summed E-state index contributed by atoms with van der Waals surface area (Å²) in [4.78, 5) is 19.0. The zero-order valence-corrected chi connectivity index (χ0v) is 13.6. The van der Waals surface area contributed by atoms with E-state index in [4.69, 9.17) is 4.52 Å². The summed E-state index contributed by atoms with van der Waals surface area (Å²) in [5.41, 5.74) is 0.298. The molecule has 2 rings (SSSR count). The molecule has 0 saturated carbocycles. The van der Waals surface area contributed by atoms with Crippen LogP contribution in [0.4, 0.5) is 0 Å². The molecule has 0 fully saturated rings. The Hall–Kier alpha value is -1.45. The van der Waals surface area contributed by atoms with Gasteiger partial charge in [-0.05, 0) is 23.5 Å². The molecule has 0 aliphatic carbocycles. The van der Waals surface area contributed by atoms with E-state index in [9.17, 15) is 14.4 Å². The van der Waals surface area contributed by atoms with Crippen LogP contribution in [-0.4, -0.2) is 9.79 Å². The van der Waals surface area contributed by atoms with Gasteiger partial charge in [-0.1, -0.05) is 74.5 Å². The number of phosphoric ester groups is 1. The van der Waals surface area contributed by atoms with Crippen LogP contribution in [-0.2, 0) is 14.7 Å². The van der Waals surface area contributed by atoms with E-state index < -0.39 is 13.4 Å². The van der Waals surface area contributed by atoms with Crippen molar-refractivity contribution in [2.45, 2.75) is 25.9 Å². The molecular weight excluding hydrogens is 299 g/mol. The first-order valence-corrected chi connectivity index (χ1v) is 8.74. The van der Waals surface area contributed by atoms with Gasteiger partial charge >= 0.3 is 7.82 Å². The van der Waals surface area contributed by atoms with Gasteiger partial charge in [0.05, 0.1) is 0 Å². The van der Waals surface area contributed by atoms with Gasteiger partial charge in [-0.25, -0.2) is 4.57 Å². The summed E-state index contributed by atoms with van der Waals surface area (Å²) in [5.74, 6) is 0.187. The molecule has 0 aliphatic rings. The van der Waals surface area contributed by atoms with E-state index in [1.807, 2.05) is 74.5 Å². The predicted molar refractivity (Wildman–Crippen MR) is 86.2 cm³/mol. The minimum absolute atomic E-state index is 0.187. The first-order chi connectivity index (χ1) is 10.3. The van der Waals surface area contributed by atoms with Crippen molar-refractivity contribution in [1.29, 1.82) is 0 Å². The van der Waals surface area contributed by atoms with Gasteiger partial charge in [0.2, 0.25) is 0 Å². The van der Waals surface area contributed by atoms with E-state index in [0.29, 0.717) is 6.42 Å². The monoisotopic (exact) mass is 320 g/mol. The lowest BCUT2D eigenvalue weighted by Crippen LogP contribution is -2.32. The lowest BCUT2D eigenvalue weighted by Gasteiger charge is -2.36. The number of hydrogen-bond donors (Lipinski definition) is 2. The Kier molecular flexibility index (Phi) is 5.20. The molecular formula is C17H21O4P. The third kappa shape index (κ3) is 4.05. The van der Waals surface area contributed by atoms with Crippen LogP contribution in [0.3, 0.4) is 0 Å². The van der Waals surface area contributed by atoms with Gasteiger partial charge in [0, 0.05) is 0 Å². The summed E-state index contributed by atoms with van der Waals surface area (Å²) in [7, 11) is -4.67. The third-order valence-electron chi connectivity index (χ3n) is 3.45. The number of phosphoric acid groups is 1. The second kappa shape index (κ2) is 6.76. The summed E-state index contributed by atoms with van der Waals surface area (Å²) in [6.07, 6.45) is 0.464. The van der Waals surface area contributed by atoms with E-state index in [1.165, 1.54) is 0 Å². The third-order valence-corrected chi connectivity index (χ3v) is 4.00. The van der Waals surface area contributed by atoms with E-state index in [-0.39, 0.29) is 5.92 Å². The highest BCUT2D eigenvalue weighted by Crippen LogP contribution is 2.51. The predicted octanol–water partition coefficient (Wildman–Crippen LogP) is 4.09. The molecule has 0 aromatic heterocycles. The fourth-order valence-corrected chi connectivity index (χ4v) is 3.43. The van der Waals surface area contributed by atoms with Crippen LogP contribution in [0.15, 0.2) is 60.7 Å². The minimum atomic E-state index is -4.67. The van der Waals surface area contributed by atoms with Crippen LogP contribution in [0.5, 0.6) is 0 Å². The highest BCUT2D eigenvalue weighted by molar-refractivity contribution is 7.46. The van der Waals surface area contributed by atoms with Crippen molar-refractivity contribution in [1.82, 2.24) is 0 Å². The van der Waals surface area contributed by atoms with Crippen LogP contribution >= 0.6 is 7.82 Å². The van der Waals surface area contributed by atoms with E-state index >= 15 is 0 Å². The van der Waals surface area contributed by atoms with E-state index in [2.05, 4.69) is 0 Å². The van der Waals surface area contributed by atoms with Crippen molar-refractivity contribution in [2.24, 2.45) is 5.92 Å². The Balaban J connectivity index is 2.66. The summed E-state index contributed by atoms with van der Waals surface area (Å²) < 4.78 is 17.0. The maximum atomic E-state index is 11.6. The summed E-state index contributed by atoms with van der Waals surface area (Å²) >= 11 is 0. The minimum Gasteiger partial charge on any atom is -0.303 e. The zero-order valence-electron chi connectivity index (χ0n) is 12.7. The van der Waals surface area contributed by atoms with Crippen LogP contribution in [0.2, 0.25) is 0 Å². The number of benzene rings is 2. The first kappa shape index (κ1) is 16.9. The average molecular weight is 320 g/mol. The fourth-order valence-electron chi connectivity index (χ4n) is 2.74. The zero-order chi connectivity index (χ0) is 16.2. The largest absolute Gasteiger partial charge is 0.470 e. The van der Waals surface area contributed by atoms with Gasteiger partial charge in [0.25, 0.3) is 0 Å². The molecule has 4 nitrogen and oxygen atoms in total. The molecule has 0 bridgehead atoms. The lowest BCUT2D eigenvalue weighted by molar-refractivity contribution is 0.0471. The molecule has 22 heavy (non-hydrogen) atoms. The van der Waals surface area contributed by atoms with Crippen LogP contribution in [0.1, 0.15) is 31.4 Å². The molecule has 118 valence electrons. The number of hydrogen-bond acceptors (Lipinski definition) is 2. The van der Waals surface area contributed by atoms with Crippen molar-refractivity contribution in [3.8, 4) is 0 Å². The van der Waals surface area contributed by atoms with Gasteiger partial charge in [0.15, 0.2) is 0 Å². The molecule has 2 aromatic carbocycles. The van der Waals surface area contributed by atoms with Gasteiger partial charge in [-0.15, -0.1) is 0 Å². The first-order valence-electron chi connectivity index (χ1n) is 7.21. The average Bonchev–Trinajstić information content (AvgIpc) is 2.46. The lowest BCUT2D eigenvalue weighted by atomic mass is 9.80. The topological polar surface area (TPSA) is 66.8 Å². The van der Waals surface area contributed by atoms with Crippen molar-refractivity contribution in [3.63, 3.8) is 0 Å².